The van der Waals surface area contributed by atoms with Crippen LogP contribution in [0.25, 0.3) is 0 Å². The molecular weight excluding hydrogens is 420 g/mol. The van der Waals surface area contributed by atoms with E-state index < -0.39 is 0 Å². The molecule has 0 spiro atoms. The zero-order valence-corrected chi connectivity index (χ0v) is 22.9. The highest BCUT2D eigenvalue weighted by Crippen LogP contribution is 2.38. The second-order valence-corrected chi connectivity index (χ2v) is 11.3. The highest BCUT2D eigenvalue weighted by atomic mass is 14.3. The molecule has 2 aliphatic carbocycles. The Hall–Kier alpha value is -2.08. The highest BCUT2D eigenvalue weighted by molar-refractivity contribution is 5.25. The molecule has 0 heteroatoms. The Morgan fingerprint density at radius 1 is 0.629 bits per heavy atom. The van der Waals surface area contributed by atoms with E-state index in [1.54, 1.807) is 11.1 Å². The van der Waals surface area contributed by atoms with Crippen LogP contribution in [-0.2, 0) is 0 Å². The molecule has 0 nitrogen and oxygen atoms in total. The maximum atomic E-state index is 3.82. The van der Waals surface area contributed by atoms with Gasteiger partial charge in [-0.1, -0.05) is 77.9 Å². The van der Waals surface area contributed by atoms with E-state index >= 15 is 0 Å². The lowest BCUT2D eigenvalue weighted by Crippen LogP contribution is -2.13. The highest BCUT2D eigenvalue weighted by Gasteiger charge is 2.22. The molecule has 2 aromatic rings. The van der Waals surface area contributed by atoms with E-state index in [1.165, 1.54) is 88.2 Å². The van der Waals surface area contributed by atoms with Crippen LogP contribution < -0.4 is 0 Å². The van der Waals surface area contributed by atoms with Crippen LogP contribution in [0, 0.1) is 25.7 Å². The molecule has 0 unspecified atom stereocenters. The summed E-state index contributed by atoms with van der Waals surface area (Å²) in [5, 5.41) is 0. The van der Waals surface area contributed by atoms with Crippen molar-refractivity contribution in [3.8, 4) is 0 Å². The molecule has 0 amide bonds. The maximum Gasteiger partial charge on any atom is -0.0162 e. The Bertz CT molecular complexity index is 853. The Balaban J connectivity index is 0.000000196. The summed E-state index contributed by atoms with van der Waals surface area (Å²) in [4.78, 5) is 0. The van der Waals surface area contributed by atoms with E-state index in [1.807, 2.05) is 0 Å². The van der Waals surface area contributed by atoms with Crippen molar-refractivity contribution in [3.63, 3.8) is 0 Å². The van der Waals surface area contributed by atoms with Crippen LogP contribution in [0.2, 0.25) is 0 Å². The Labute approximate surface area is 216 Å². The number of hydrogen-bond donors (Lipinski definition) is 0. The third-order valence-electron chi connectivity index (χ3n) is 8.55. The third-order valence-corrected chi connectivity index (χ3v) is 8.55. The summed E-state index contributed by atoms with van der Waals surface area (Å²) in [5.74, 6) is 3.57. The van der Waals surface area contributed by atoms with Gasteiger partial charge < -0.3 is 0 Å². The first-order valence-corrected chi connectivity index (χ1v) is 14.4. The molecule has 35 heavy (non-hydrogen) atoms. The molecule has 0 aromatic heterocycles. The van der Waals surface area contributed by atoms with Crippen molar-refractivity contribution in [2.24, 2.45) is 11.8 Å². The average Bonchev–Trinajstić information content (AvgIpc) is 2.90. The summed E-state index contributed by atoms with van der Waals surface area (Å²) in [5.41, 5.74) is 5.86. The predicted octanol–water partition coefficient (Wildman–Crippen LogP) is 10.9. The molecule has 0 N–H and O–H groups in total. The van der Waals surface area contributed by atoms with Gasteiger partial charge >= 0.3 is 0 Å². The first kappa shape index (κ1) is 27.5. The standard InChI is InChI=1S/C18H26.C17H24/c1-3-4-5-6-16-9-13-18(14-10-16)17-11-7-15(2)8-12-17;1-3-4-5-15-8-12-17(13-9-15)16-10-6-14(2)7-11-16/h3-4,7-8,11-12,16,18H,5-6,9-10,13-14H2,1-2H3;3,6-7,10-11,15,17H,1,4-5,8-9,12-13H2,2H3/b4-3+;. The normalized spacial score (nSPS) is 24.5. The quantitative estimate of drug-likeness (QED) is 0.336. The summed E-state index contributed by atoms with van der Waals surface area (Å²) in [6.07, 6.45) is 23.0. The number of benzene rings is 2. The topological polar surface area (TPSA) is 0 Å². The summed E-state index contributed by atoms with van der Waals surface area (Å²) < 4.78 is 0. The molecule has 0 radical (unpaired) electrons. The molecule has 0 saturated heterocycles. The largest absolute Gasteiger partial charge is 0.103 e. The lowest BCUT2D eigenvalue weighted by Gasteiger charge is -2.28. The second kappa shape index (κ2) is 15.1. The number of hydrogen-bond acceptors (Lipinski definition) is 0. The molecule has 2 aromatic carbocycles. The van der Waals surface area contributed by atoms with Crippen LogP contribution in [0.4, 0.5) is 0 Å². The van der Waals surface area contributed by atoms with Crippen LogP contribution in [0.3, 0.4) is 0 Å². The molecule has 2 aliphatic rings. The van der Waals surface area contributed by atoms with E-state index in [0.717, 1.165) is 23.7 Å². The fourth-order valence-corrected chi connectivity index (χ4v) is 6.10. The zero-order chi connectivity index (χ0) is 24.9. The van der Waals surface area contributed by atoms with Gasteiger partial charge in [-0.05, 0) is 133 Å². The van der Waals surface area contributed by atoms with Crippen LogP contribution in [0.15, 0.2) is 73.3 Å². The van der Waals surface area contributed by atoms with Gasteiger partial charge in [-0.3, -0.25) is 0 Å². The molecule has 0 heterocycles. The molecule has 0 aliphatic heterocycles. The van der Waals surface area contributed by atoms with Gasteiger partial charge in [-0.15, -0.1) is 6.58 Å². The minimum absolute atomic E-state index is 0.815. The van der Waals surface area contributed by atoms with Gasteiger partial charge in [0, 0.05) is 0 Å². The smallest absolute Gasteiger partial charge is 0.0162 e. The van der Waals surface area contributed by atoms with Gasteiger partial charge in [0.05, 0.1) is 0 Å². The van der Waals surface area contributed by atoms with Crippen molar-refractivity contribution in [1.82, 2.24) is 0 Å². The molecule has 2 saturated carbocycles. The van der Waals surface area contributed by atoms with Gasteiger partial charge in [-0.2, -0.15) is 0 Å². The number of allylic oxidation sites excluding steroid dienone is 3. The van der Waals surface area contributed by atoms with Crippen molar-refractivity contribution in [3.05, 3.63) is 95.6 Å². The second-order valence-electron chi connectivity index (χ2n) is 11.3. The van der Waals surface area contributed by atoms with Gasteiger partial charge in [0.1, 0.15) is 0 Å². The van der Waals surface area contributed by atoms with E-state index in [2.05, 4.69) is 94.1 Å². The van der Waals surface area contributed by atoms with E-state index in [0.29, 0.717) is 0 Å². The minimum Gasteiger partial charge on any atom is -0.103 e. The third kappa shape index (κ3) is 9.47. The SMILES string of the molecule is C/C=C/CCC1CCC(c2ccc(C)cc2)CC1.C=CCCC1CCC(c2ccc(C)cc2)CC1. The van der Waals surface area contributed by atoms with Crippen LogP contribution in [0.5, 0.6) is 0 Å². The van der Waals surface area contributed by atoms with E-state index in [4.69, 9.17) is 0 Å². The van der Waals surface area contributed by atoms with Crippen molar-refractivity contribution in [2.45, 2.75) is 110 Å². The fourth-order valence-electron chi connectivity index (χ4n) is 6.10. The van der Waals surface area contributed by atoms with E-state index in [-0.39, 0.29) is 0 Å². The summed E-state index contributed by atoms with van der Waals surface area (Å²) >= 11 is 0. The Morgan fingerprint density at radius 2 is 1.03 bits per heavy atom. The summed E-state index contributed by atoms with van der Waals surface area (Å²) in [6.45, 7) is 10.3. The summed E-state index contributed by atoms with van der Waals surface area (Å²) in [6, 6.07) is 18.3. The average molecular weight is 471 g/mol. The van der Waals surface area contributed by atoms with Gasteiger partial charge in [0.25, 0.3) is 0 Å². The summed E-state index contributed by atoms with van der Waals surface area (Å²) in [7, 11) is 0. The van der Waals surface area contributed by atoms with Crippen LogP contribution in [-0.4, -0.2) is 0 Å². The van der Waals surface area contributed by atoms with Crippen molar-refractivity contribution < 1.29 is 0 Å². The monoisotopic (exact) mass is 470 g/mol. The zero-order valence-electron chi connectivity index (χ0n) is 22.9. The molecule has 4 rings (SSSR count). The molecular formula is C35H50. The Morgan fingerprint density at radius 3 is 1.40 bits per heavy atom. The first-order chi connectivity index (χ1) is 17.1. The number of aryl methyl sites for hydroxylation is 2. The van der Waals surface area contributed by atoms with Crippen LogP contribution >= 0.6 is 0 Å². The van der Waals surface area contributed by atoms with Gasteiger partial charge in [0.15, 0.2) is 0 Å². The van der Waals surface area contributed by atoms with Crippen molar-refractivity contribution >= 4 is 0 Å². The molecule has 190 valence electrons. The maximum absolute atomic E-state index is 3.82. The van der Waals surface area contributed by atoms with Crippen molar-refractivity contribution in [1.29, 1.82) is 0 Å². The fraction of sp³-hybridized carbons (Fsp3) is 0.543. The lowest BCUT2D eigenvalue weighted by molar-refractivity contribution is 0.312. The van der Waals surface area contributed by atoms with Crippen LogP contribution in [0.1, 0.15) is 118 Å². The molecule has 2 fully saturated rings. The van der Waals surface area contributed by atoms with Gasteiger partial charge in [0.2, 0.25) is 0 Å². The van der Waals surface area contributed by atoms with Crippen molar-refractivity contribution in [2.75, 3.05) is 0 Å². The predicted molar refractivity (Wildman–Crippen MR) is 155 cm³/mol. The van der Waals surface area contributed by atoms with E-state index in [9.17, 15) is 0 Å². The molecule has 0 bridgehead atoms. The Kier molecular flexibility index (Phi) is 11.9. The first-order valence-electron chi connectivity index (χ1n) is 14.4. The van der Waals surface area contributed by atoms with Gasteiger partial charge in [-0.25, -0.2) is 0 Å². The minimum atomic E-state index is 0.815. The molecule has 0 atom stereocenters. The lowest BCUT2D eigenvalue weighted by atomic mass is 9.77. The number of rotatable bonds is 8.